The number of thioether (sulfide) groups is 1. The van der Waals surface area contributed by atoms with E-state index in [1.54, 1.807) is 11.8 Å². The summed E-state index contributed by atoms with van der Waals surface area (Å²) in [5, 5.41) is 9.80. The summed E-state index contributed by atoms with van der Waals surface area (Å²) in [6, 6.07) is 17.3. The second-order valence-corrected chi connectivity index (χ2v) is 7.27. The number of fused-ring (bicyclic) bond motifs is 1. The molecule has 4 heteroatoms. The molecule has 1 aromatic heterocycles. The summed E-state index contributed by atoms with van der Waals surface area (Å²) in [6.07, 6.45) is 5.02. The Morgan fingerprint density at radius 1 is 0.958 bits per heavy atom. The number of aromatic nitrogens is 3. The number of hydrogen-bond acceptors (Lipinski definition) is 3. The number of nitrogens with zero attached hydrogens (tertiary/aromatic N) is 3. The van der Waals surface area contributed by atoms with Crippen molar-refractivity contribution in [1.29, 1.82) is 0 Å². The monoisotopic (exact) mass is 335 g/mol. The molecular formula is C20H21N3S. The van der Waals surface area contributed by atoms with Crippen molar-refractivity contribution in [3.63, 3.8) is 0 Å². The van der Waals surface area contributed by atoms with Crippen LogP contribution < -0.4 is 0 Å². The normalized spacial score (nSPS) is 13.7. The Bertz CT molecular complexity index is 839. The number of hydrogen-bond donors (Lipinski definition) is 0. The van der Waals surface area contributed by atoms with Crippen LogP contribution in [0.2, 0.25) is 0 Å². The van der Waals surface area contributed by atoms with Gasteiger partial charge in [0.1, 0.15) is 0 Å². The summed E-state index contributed by atoms with van der Waals surface area (Å²) in [6.45, 7) is 0. The Hall–Kier alpha value is -2.07. The maximum Gasteiger partial charge on any atom is 0.191 e. The lowest BCUT2D eigenvalue weighted by molar-refractivity contribution is 0.685. The number of rotatable bonds is 4. The summed E-state index contributed by atoms with van der Waals surface area (Å²) in [7, 11) is 2.06. The Balaban J connectivity index is 1.56. The SMILES string of the molecule is Cn1c(SCc2ccccc2)nnc1-c1ccc2c(c1)CCCC2. The third kappa shape index (κ3) is 3.11. The van der Waals surface area contributed by atoms with E-state index in [0.717, 1.165) is 16.7 Å². The predicted octanol–water partition coefficient (Wildman–Crippen LogP) is 4.65. The molecule has 24 heavy (non-hydrogen) atoms. The van der Waals surface area contributed by atoms with E-state index < -0.39 is 0 Å². The van der Waals surface area contributed by atoms with Crippen LogP contribution in [0.4, 0.5) is 0 Å². The Morgan fingerprint density at radius 2 is 1.75 bits per heavy atom. The molecule has 3 aromatic rings. The molecule has 0 N–H and O–H groups in total. The highest BCUT2D eigenvalue weighted by atomic mass is 32.2. The smallest absolute Gasteiger partial charge is 0.191 e. The number of benzene rings is 2. The van der Waals surface area contributed by atoms with E-state index in [-0.39, 0.29) is 0 Å². The number of aryl methyl sites for hydroxylation is 2. The van der Waals surface area contributed by atoms with E-state index in [0.29, 0.717) is 0 Å². The van der Waals surface area contributed by atoms with Crippen LogP contribution in [-0.2, 0) is 25.6 Å². The van der Waals surface area contributed by atoms with Gasteiger partial charge in [0.15, 0.2) is 11.0 Å². The van der Waals surface area contributed by atoms with E-state index in [9.17, 15) is 0 Å². The second kappa shape index (κ2) is 6.81. The molecule has 4 rings (SSSR count). The van der Waals surface area contributed by atoms with Gasteiger partial charge in [-0.1, -0.05) is 54.2 Å². The summed E-state index contributed by atoms with van der Waals surface area (Å²) in [4.78, 5) is 0. The van der Waals surface area contributed by atoms with Gasteiger partial charge in [0.25, 0.3) is 0 Å². The van der Waals surface area contributed by atoms with Gasteiger partial charge >= 0.3 is 0 Å². The molecule has 0 atom stereocenters. The predicted molar refractivity (Wildman–Crippen MR) is 99.1 cm³/mol. The van der Waals surface area contributed by atoms with Gasteiger partial charge in [0.05, 0.1) is 0 Å². The molecule has 122 valence electrons. The summed E-state index contributed by atoms with van der Waals surface area (Å²) < 4.78 is 2.11. The lowest BCUT2D eigenvalue weighted by Gasteiger charge is -2.16. The Kier molecular flexibility index (Phi) is 4.39. The van der Waals surface area contributed by atoms with Gasteiger partial charge in [-0.3, -0.25) is 0 Å². The zero-order valence-electron chi connectivity index (χ0n) is 13.9. The molecule has 0 unspecified atom stereocenters. The molecule has 1 aliphatic rings. The van der Waals surface area contributed by atoms with E-state index in [2.05, 4.69) is 64.3 Å². The van der Waals surface area contributed by atoms with E-state index in [4.69, 9.17) is 0 Å². The van der Waals surface area contributed by atoms with Crippen molar-refractivity contribution in [2.24, 2.45) is 7.05 Å². The molecule has 0 fully saturated rings. The highest BCUT2D eigenvalue weighted by Crippen LogP contribution is 2.29. The van der Waals surface area contributed by atoms with E-state index in [1.165, 1.54) is 47.9 Å². The third-order valence-electron chi connectivity index (χ3n) is 4.65. The summed E-state index contributed by atoms with van der Waals surface area (Å²) in [5.74, 6) is 1.87. The molecule has 0 amide bonds. The molecule has 0 radical (unpaired) electrons. The Morgan fingerprint density at radius 3 is 2.58 bits per heavy atom. The molecular weight excluding hydrogens is 314 g/mol. The fraction of sp³-hybridized carbons (Fsp3) is 0.300. The minimum Gasteiger partial charge on any atom is -0.305 e. The van der Waals surface area contributed by atoms with Crippen molar-refractivity contribution in [2.45, 2.75) is 36.6 Å². The molecule has 0 spiro atoms. The second-order valence-electron chi connectivity index (χ2n) is 6.33. The molecule has 3 nitrogen and oxygen atoms in total. The fourth-order valence-electron chi connectivity index (χ4n) is 3.29. The molecule has 0 aliphatic heterocycles. The van der Waals surface area contributed by atoms with Gasteiger partial charge < -0.3 is 4.57 Å². The van der Waals surface area contributed by atoms with E-state index >= 15 is 0 Å². The standard InChI is InChI=1S/C20H21N3S/c1-23-19(18-12-11-16-9-5-6-10-17(16)13-18)21-22-20(23)24-14-15-7-3-2-4-8-15/h2-4,7-8,11-13H,5-6,9-10,14H2,1H3. The highest BCUT2D eigenvalue weighted by molar-refractivity contribution is 7.98. The van der Waals surface area contributed by atoms with Crippen LogP contribution in [-0.4, -0.2) is 14.8 Å². The fourth-order valence-corrected chi connectivity index (χ4v) is 4.15. The average molecular weight is 335 g/mol. The third-order valence-corrected chi connectivity index (χ3v) is 5.74. The van der Waals surface area contributed by atoms with Gasteiger partial charge in [0, 0.05) is 18.4 Å². The lowest BCUT2D eigenvalue weighted by Crippen LogP contribution is -2.03. The highest BCUT2D eigenvalue weighted by Gasteiger charge is 2.15. The minimum absolute atomic E-state index is 0.914. The van der Waals surface area contributed by atoms with Gasteiger partial charge in [-0.25, -0.2) is 0 Å². The van der Waals surface area contributed by atoms with Crippen LogP contribution in [0.15, 0.2) is 53.7 Å². The van der Waals surface area contributed by atoms with Crippen LogP contribution in [0.1, 0.15) is 29.5 Å². The first-order chi connectivity index (χ1) is 11.8. The topological polar surface area (TPSA) is 30.7 Å². The first-order valence-corrected chi connectivity index (χ1v) is 9.48. The summed E-state index contributed by atoms with van der Waals surface area (Å²) in [5.41, 5.74) is 5.48. The van der Waals surface area contributed by atoms with Crippen LogP contribution in [0.5, 0.6) is 0 Å². The first-order valence-electron chi connectivity index (χ1n) is 8.49. The molecule has 0 bridgehead atoms. The largest absolute Gasteiger partial charge is 0.305 e. The van der Waals surface area contributed by atoms with Gasteiger partial charge in [-0.15, -0.1) is 10.2 Å². The quantitative estimate of drug-likeness (QED) is 0.650. The van der Waals surface area contributed by atoms with Crippen LogP contribution in [0.25, 0.3) is 11.4 Å². The van der Waals surface area contributed by atoms with E-state index in [1.807, 2.05) is 6.07 Å². The molecule has 2 aromatic carbocycles. The molecule has 0 saturated carbocycles. The molecule has 0 saturated heterocycles. The van der Waals surface area contributed by atoms with Crippen LogP contribution in [0, 0.1) is 0 Å². The van der Waals surface area contributed by atoms with Gasteiger partial charge in [-0.05, 0) is 48.4 Å². The van der Waals surface area contributed by atoms with Crippen LogP contribution >= 0.6 is 11.8 Å². The van der Waals surface area contributed by atoms with Crippen molar-refractivity contribution in [2.75, 3.05) is 0 Å². The van der Waals surface area contributed by atoms with Crippen molar-refractivity contribution in [1.82, 2.24) is 14.8 Å². The van der Waals surface area contributed by atoms with Crippen LogP contribution in [0.3, 0.4) is 0 Å². The lowest BCUT2D eigenvalue weighted by atomic mass is 9.90. The average Bonchev–Trinajstić information content (AvgIpc) is 3.01. The Labute approximate surface area is 147 Å². The van der Waals surface area contributed by atoms with Gasteiger partial charge in [0.2, 0.25) is 0 Å². The molecule has 1 heterocycles. The van der Waals surface area contributed by atoms with Crippen molar-refractivity contribution >= 4 is 11.8 Å². The molecule has 1 aliphatic carbocycles. The first kappa shape index (κ1) is 15.5. The zero-order valence-corrected chi connectivity index (χ0v) is 14.7. The minimum atomic E-state index is 0.914. The zero-order chi connectivity index (χ0) is 16.4. The maximum atomic E-state index is 4.44. The van der Waals surface area contributed by atoms with Crippen molar-refractivity contribution in [3.05, 3.63) is 65.2 Å². The summed E-state index contributed by atoms with van der Waals surface area (Å²) >= 11 is 1.73. The van der Waals surface area contributed by atoms with Crippen molar-refractivity contribution in [3.8, 4) is 11.4 Å². The van der Waals surface area contributed by atoms with Crippen molar-refractivity contribution < 1.29 is 0 Å². The van der Waals surface area contributed by atoms with Gasteiger partial charge in [-0.2, -0.15) is 0 Å². The maximum absolute atomic E-state index is 4.44.